The van der Waals surface area contributed by atoms with Gasteiger partial charge in [0.25, 0.3) is 0 Å². The largest absolute Gasteiger partial charge is 0.444 e. The van der Waals surface area contributed by atoms with Crippen molar-refractivity contribution >= 4 is 0 Å². The summed E-state index contributed by atoms with van der Waals surface area (Å²) in [5.74, 6) is 1.64. The van der Waals surface area contributed by atoms with Gasteiger partial charge in [0.15, 0.2) is 0 Å². The Labute approximate surface area is 108 Å². The number of aromatic nitrogens is 1. The van der Waals surface area contributed by atoms with Crippen molar-refractivity contribution in [3.05, 3.63) is 17.3 Å². The van der Waals surface area contributed by atoms with Crippen LogP contribution in [0.2, 0.25) is 0 Å². The van der Waals surface area contributed by atoms with Crippen molar-refractivity contribution in [1.29, 1.82) is 0 Å². The third kappa shape index (κ3) is 3.10. The molecule has 102 valence electrons. The van der Waals surface area contributed by atoms with E-state index in [4.69, 9.17) is 4.42 Å². The molecule has 2 heterocycles. The zero-order valence-corrected chi connectivity index (χ0v) is 11.7. The van der Waals surface area contributed by atoms with Gasteiger partial charge in [0.05, 0.1) is 18.3 Å². The van der Waals surface area contributed by atoms with Crippen molar-refractivity contribution in [3.63, 3.8) is 0 Å². The van der Waals surface area contributed by atoms with Crippen LogP contribution >= 0.6 is 0 Å². The van der Waals surface area contributed by atoms with Crippen LogP contribution in [0.3, 0.4) is 0 Å². The van der Waals surface area contributed by atoms with Gasteiger partial charge in [-0.1, -0.05) is 0 Å². The lowest BCUT2D eigenvalue weighted by Crippen LogP contribution is -2.37. The van der Waals surface area contributed by atoms with Crippen LogP contribution in [0.1, 0.15) is 23.8 Å². The molecule has 1 saturated heterocycles. The van der Waals surface area contributed by atoms with E-state index in [1.165, 1.54) is 0 Å². The van der Waals surface area contributed by atoms with Gasteiger partial charge in [-0.05, 0) is 34.4 Å². The first-order valence-corrected chi connectivity index (χ1v) is 6.45. The summed E-state index contributed by atoms with van der Waals surface area (Å²) in [6.45, 7) is 6.24. The SMILES string of the molecule is Cc1nc(CN2CC(O)CC2CN(C)C)oc1C. The van der Waals surface area contributed by atoms with Gasteiger partial charge >= 0.3 is 0 Å². The van der Waals surface area contributed by atoms with Crippen LogP contribution in [-0.2, 0) is 6.54 Å². The van der Waals surface area contributed by atoms with Gasteiger partial charge in [-0.25, -0.2) is 4.98 Å². The zero-order chi connectivity index (χ0) is 13.3. The molecule has 0 aromatic carbocycles. The van der Waals surface area contributed by atoms with E-state index in [1.807, 2.05) is 13.8 Å². The zero-order valence-electron chi connectivity index (χ0n) is 11.7. The fraction of sp³-hybridized carbons (Fsp3) is 0.769. The summed E-state index contributed by atoms with van der Waals surface area (Å²) in [6.07, 6.45) is 0.601. The molecular weight excluding hydrogens is 230 g/mol. The molecule has 0 bridgehead atoms. The molecule has 2 unspecified atom stereocenters. The number of β-amino-alcohol motifs (C(OH)–C–C–N with tert-alkyl or cyclic N) is 1. The van der Waals surface area contributed by atoms with E-state index < -0.39 is 0 Å². The van der Waals surface area contributed by atoms with Gasteiger partial charge in [0.2, 0.25) is 5.89 Å². The van der Waals surface area contributed by atoms with Gasteiger partial charge in [0.1, 0.15) is 5.76 Å². The third-order valence-corrected chi connectivity index (χ3v) is 3.49. The highest BCUT2D eigenvalue weighted by atomic mass is 16.4. The minimum Gasteiger partial charge on any atom is -0.444 e. The van der Waals surface area contributed by atoms with Crippen LogP contribution in [0.15, 0.2) is 4.42 Å². The summed E-state index contributed by atoms with van der Waals surface area (Å²) in [5.41, 5.74) is 0.953. The summed E-state index contributed by atoms with van der Waals surface area (Å²) in [7, 11) is 4.12. The first-order valence-electron chi connectivity index (χ1n) is 6.45. The first-order chi connectivity index (χ1) is 8.45. The van der Waals surface area contributed by atoms with E-state index in [2.05, 4.69) is 28.9 Å². The van der Waals surface area contributed by atoms with Gasteiger partial charge in [-0.15, -0.1) is 0 Å². The molecule has 2 rings (SSSR count). The first kappa shape index (κ1) is 13.5. The Hall–Kier alpha value is -0.910. The molecule has 1 aliphatic rings. The number of hydrogen-bond acceptors (Lipinski definition) is 5. The number of hydrogen-bond donors (Lipinski definition) is 1. The normalized spacial score (nSPS) is 25.2. The Bertz CT molecular complexity index is 383. The van der Waals surface area contributed by atoms with Crippen molar-refractivity contribution in [3.8, 4) is 0 Å². The molecule has 0 saturated carbocycles. The lowest BCUT2D eigenvalue weighted by molar-refractivity contribution is 0.161. The highest BCUT2D eigenvalue weighted by Gasteiger charge is 2.32. The van der Waals surface area contributed by atoms with E-state index in [0.29, 0.717) is 19.1 Å². The third-order valence-electron chi connectivity index (χ3n) is 3.49. The molecule has 0 spiro atoms. The molecule has 1 aliphatic heterocycles. The van der Waals surface area contributed by atoms with Crippen molar-refractivity contribution in [2.45, 2.75) is 39.0 Å². The van der Waals surface area contributed by atoms with E-state index in [0.717, 1.165) is 30.3 Å². The highest BCUT2D eigenvalue weighted by molar-refractivity contribution is 5.05. The fourth-order valence-corrected chi connectivity index (χ4v) is 2.54. The summed E-state index contributed by atoms with van der Waals surface area (Å²) in [6, 6.07) is 0.377. The summed E-state index contributed by atoms with van der Waals surface area (Å²) in [5, 5.41) is 9.81. The average Bonchev–Trinajstić information content (AvgIpc) is 2.71. The monoisotopic (exact) mass is 253 g/mol. The molecule has 1 fully saturated rings. The quantitative estimate of drug-likeness (QED) is 0.859. The number of rotatable bonds is 4. The topological polar surface area (TPSA) is 52.7 Å². The van der Waals surface area contributed by atoms with E-state index >= 15 is 0 Å². The van der Waals surface area contributed by atoms with Gasteiger partial charge in [0, 0.05) is 19.1 Å². The molecule has 1 aromatic rings. The Morgan fingerprint density at radius 3 is 2.72 bits per heavy atom. The molecule has 0 aliphatic carbocycles. The Morgan fingerprint density at radius 2 is 2.17 bits per heavy atom. The Balaban J connectivity index is 2.02. The van der Waals surface area contributed by atoms with Crippen molar-refractivity contribution in [2.24, 2.45) is 0 Å². The molecule has 5 nitrogen and oxygen atoms in total. The maximum Gasteiger partial charge on any atom is 0.208 e. The molecule has 0 radical (unpaired) electrons. The van der Waals surface area contributed by atoms with Crippen molar-refractivity contribution < 1.29 is 9.52 Å². The maximum atomic E-state index is 9.81. The smallest absolute Gasteiger partial charge is 0.208 e. The lowest BCUT2D eigenvalue weighted by Gasteiger charge is -2.25. The minimum absolute atomic E-state index is 0.230. The van der Waals surface area contributed by atoms with Gasteiger partial charge < -0.3 is 14.4 Å². The molecule has 1 aromatic heterocycles. The number of aliphatic hydroxyl groups excluding tert-OH is 1. The second-order valence-electron chi connectivity index (χ2n) is 5.48. The van der Waals surface area contributed by atoms with E-state index in [9.17, 15) is 5.11 Å². The number of nitrogens with zero attached hydrogens (tertiary/aromatic N) is 3. The summed E-state index contributed by atoms with van der Waals surface area (Å²) >= 11 is 0. The fourth-order valence-electron chi connectivity index (χ4n) is 2.54. The van der Waals surface area contributed by atoms with Crippen LogP contribution in [-0.4, -0.2) is 59.2 Å². The molecule has 2 atom stereocenters. The highest BCUT2D eigenvalue weighted by Crippen LogP contribution is 2.21. The maximum absolute atomic E-state index is 9.81. The predicted octanol–water partition coefficient (Wildman–Crippen LogP) is 0.788. The molecule has 0 amide bonds. The predicted molar refractivity (Wildman–Crippen MR) is 69.4 cm³/mol. The number of likely N-dealkylation sites (N-methyl/N-ethyl adjacent to an activating group) is 1. The van der Waals surface area contributed by atoms with Gasteiger partial charge in [-0.3, -0.25) is 4.90 Å². The van der Waals surface area contributed by atoms with Crippen LogP contribution in [0.5, 0.6) is 0 Å². The molecule has 1 N–H and O–H groups in total. The molecule has 5 heteroatoms. The number of likely N-dealkylation sites (tertiary alicyclic amines) is 1. The van der Waals surface area contributed by atoms with Crippen molar-refractivity contribution in [1.82, 2.24) is 14.8 Å². The second-order valence-corrected chi connectivity index (χ2v) is 5.48. The minimum atomic E-state index is -0.230. The number of aryl methyl sites for hydroxylation is 2. The summed E-state index contributed by atoms with van der Waals surface area (Å²) in [4.78, 5) is 8.82. The molecular formula is C13H23N3O2. The lowest BCUT2D eigenvalue weighted by atomic mass is 10.2. The Morgan fingerprint density at radius 1 is 1.44 bits per heavy atom. The van der Waals surface area contributed by atoms with E-state index in [1.54, 1.807) is 0 Å². The van der Waals surface area contributed by atoms with Crippen LogP contribution in [0.25, 0.3) is 0 Å². The average molecular weight is 253 g/mol. The van der Waals surface area contributed by atoms with Gasteiger partial charge in [-0.2, -0.15) is 0 Å². The number of oxazole rings is 1. The van der Waals surface area contributed by atoms with Crippen molar-refractivity contribution in [2.75, 3.05) is 27.2 Å². The van der Waals surface area contributed by atoms with Crippen LogP contribution in [0.4, 0.5) is 0 Å². The Kier molecular flexibility index (Phi) is 4.04. The van der Waals surface area contributed by atoms with Crippen LogP contribution < -0.4 is 0 Å². The van der Waals surface area contributed by atoms with E-state index in [-0.39, 0.29) is 6.10 Å². The standard InChI is InChI=1S/C13H23N3O2/c1-9-10(2)18-13(14-9)8-16-7-12(17)5-11(16)6-15(3)4/h11-12,17H,5-8H2,1-4H3. The second kappa shape index (κ2) is 5.38. The number of aliphatic hydroxyl groups is 1. The molecule has 18 heavy (non-hydrogen) atoms. The summed E-state index contributed by atoms with van der Waals surface area (Å²) < 4.78 is 5.62. The van der Waals surface area contributed by atoms with Crippen LogP contribution in [0, 0.1) is 13.8 Å².